The van der Waals surface area contributed by atoms with Crippen LogP contribution in [-0.4, -0.2) is 16.0 Å². The number of hydrogen-bond acceptors (Lipinski definition) is 4. The van der Waals surface area contributed by atoms with E-state index < -0.39 is 0 Å². The summed E-state index contributed by atoms with van der Waals surface area (Å²) in [6.45, 7) is 4.03. The van der Waals surface area contributed by atoms with Crippen molar-refractivity contribution < 1.29 is 0 Å². The fourth-order valence-electron chi connectivity index (χ4n) is 2.10. The van der Waals surface area contributed by atoms with Crippen molar-refractivity contribution in [2.45, 2.75) is 57.1 Å². The second kappa shape index (κ2) is 5.64. The molecule has 0 unspecified atom stereocenters. The number of hydrogen-bond donors (Lipinski definition) is 1. The maximum absolute atomic E-state index is 4.41. The van der Waals surface area contributed by atoms with Crippen LogP contribution in [0.25, 0.3) is 0 Å². The molecule has 0 aromatic carbocycles. The van der Waals surface area contributed by atoms with Gasteiger partial charge in [-0.2, -0.15) is 0 Å². The van der Waals surface area contributed by atoms with Gasteiger partial charge in [-0.25, -0.2) is 9.97 Å². The van der Waals surface area contributed by atoms with E-state index in [9.17, 15) is 0 Å². The van der Waals surface area contributed by atoms with Crippen LogP contribution >= 0.6 is 11.9 Å². The van der Waals surface area contributed by atoms with E-state index in [0.717, 1.165) is 16.5 Å². The van der Waals surface area contributed by atoms with Gasteiger partial charge in [-0.3, -0.25) is 4.72 Å². The highest BCUT2D eigenvalue weighted by atomic mass is 32.2. The standard InChI is InChI=1S/C12H19N3S/c1-9-8-10(2)14-12(13-9)16-15-11-6-4-3-5-7-11/h8,11,15H,3-7H2,1-2H3. The first-order valence-corrected chi connectivity index (χ1v) is 6.80. The van der Waals surface area contributed by atoms with E-state index in [1.807, 2.05) is 19.9 Å². The largest absolute Gasteiger partial charge is 0.254 e. The summed E-state index contributed by atoms with van der Waals surface area (Å²) in [7, 11) is 0. The Morgan fingerprint density at radius 1 is 1.12 bits per heavy atom. The fraction of sp³-hybridized carbons (Fsp3) is 0.667. The van der Waals surface area contributed by atoms with Crippen LogP contribution in [0.2, 0.25) is 0 Å². The van der Waals surface area contributed by atoms with Gasteiger partial charge in [0.15, 0.2) is 0 Å². The molecule has 1 fully saturated rings. The molecule has 0 amide bonds. The summed E-state index contributed by atoms with van der Waals surface area (Å²) >= 11 is 1.58. The minimum absolute atomic E-state index is 0.642. The Hall–Kier alpha value is -0.610. The van der Waals surface area contributed by atoms with Gasteiger partial charge in [-0.05, 0) is 44.7 Å². The second-order valence-corrected chi connectivity index (χ2v) is 5.29. The van der Waals surface area contributed by atoms with E-state index in [1.54, 1.807) is 11.9 Å². The molecule has 0 atom stereocenters. The van der Waals surface area contributed by atoms with Gasteiger partial charge in [-0.1, -0.05) is 19.3 Å². The fourth-order valence-corrected chi connectivity index (χ4v) is 2.98. The van der Waals surface area contributed by atoms with E-state index in [0.29, 0.717) is 6.04 Å². The zero-order valence-electron chi connectivity index (χ0n) is 9.99. The van der Waals surface area contributed by atoms with Crippen LogP contribution < -0.4 is 4.72 Å². The Morgan fingerprint density at radius 3 is 2.38 bits per heavy atom. The van der Waals surface area contributed by atoms with E-state index in [-0.39, 0.29) is 0 Å². The molecule has 1 heterocycles. The highest BCUT2D eigenvalue weighted by molar-refractivity contribution is 7.97. The molecule has 1 N–H and O–H groups in total. The smallest absolute Gasteiger partial charge is 0.203 e. The van der Waals surface area contributed by atoms with Crippen molar-refractivity contribution in [2.75, 3.05) is 0 Å². The summed E-state index contributed by atoms with van der Waals surface area (Å²) < 4.78 is 3.48. The molecule has 3 nitrogen and oxygen atoms in total. The molecule has 88 valence electrons. The summed E-state index contributed by atoms with van der Waals surface area (Å²) in [5.41, 5.74) is 2.08. The summed E-state index contributed by atoms with van der Waals surface area (Å²) in [4.78, 5) is 8.82. The van der Waals surface area contributed by atoms with E-state index in [4.69, 9.17) is 0 Å². The predicted octanol–water partition coefficient (Wildman–Crippen LogP) is 3.02. The van der Waals surface area contributed by atoms with E-state index in [2.05, 4.69) is 14.7 Å². The van der Waals surface area contributed by atoms with Gasteiger partial charge in [-0.15, -0.1) is 0 Å². The lowest BCUT2D eigenvalue weighted by atomic mass is 9.96. The van der Waals surface area contributed by atoms with Crippen LogP contribution in [0.15, 0.2) is 11.2 Å². The predicted molar refractivity (Wildman–Crippen MR) is 67.4 cm³/mol. The van der Waals surface area contributed by atoms with Gasteiger partial charge in [0.2, 0.25) is 5.16 Å². The van der Waals surface area contributed by atoms with Crippen LogP contribution in [0.1, 0.15) is 43.5 Å². The first kappa shape index (κ1) is 11.9. The molecule has 0 bridgehead atoms. The first-order valence-electron chi connectivity index (χ1n) is 5.99. The Balaban J connectivity index is 1.88. The summed E-state index contributed by atoms with van der Waals surface area (Å²) in [6.07, 6.45) is 6.68. The molecule has 0 aliphatic heterocycles. The highest BCUT2D eigenvalue weighted by Gasteiger charge is 2.13. The SMILES string of the molecule is Cc1cc(C)nc(SNC2CCCCC2)n1. The quantitative estimate of drug-likeness (QED) is 0.648. The van der Waals surface area contributed by atoms with Crippen LogP contribution in [0.5, 0.6) is 0 Å². The van der Waals surface area contributed by atoms with Crippen molar-refractivity contribution in [3.63, 3.8) is 0 Å². The normalized spacial score (nSPS) is 17.6. The lowest BCUT2D eigenvalue weighted by Gasteiger charge is -2.21. The monoisotopic (exact) mass is 237 g/mol. The molecule has 0 spiro atoms. The van der Waals surface area contributed by atoms with Crippen molar-refractivity contribution in [1.82, 2.24) is 14.7 Å². The number of aromatic nitrogens is 2. The maximum atomic E-state index is 4.41. The average molecular weight is 237 g/mol. The first-order chi connectivity index (χ1) is 7.74. The summed E-state index contributed by atoms with van der Waals surface area (Å²) in [5.74, 6) is 0. The molecule has 16 heavy (non-hydrogen) atoms. The molecule has 0 radical (unpaired) electrons. The third kappa shape index (κ3) is 3.46. The zero-order valence-corrected chi connectivity index (χ0v) is 10.8. The van der Waals surface area contributed by atoms with Gasteiger partial charge in [0, 0.05) is 17.4 Å². The third-order valence-electron chi connectivity index (χ3n) is 2.88. The Morgan fingerprint density at radius 2 is 1.75 bits per heavy atom. The van der Waals surface area contributed by atoms with Crippen LogP contribution in [0, 0.1) is 13.8 Å². The van der Waals surface area contributed by atoms with Gasteiger partial charge in [0.1, 0.15) is 0 Å². The van der Waals surface area contributed by atoms with Crippen molar-refractivity contribution in [3.8, 4) is 0 Å². The summed E-state index contributed by atoms with van der Waals surface area (Å²) in [6, 6.07) is 2.65. The Kier molecular flexibility index (Phi) is 4.18. The number of nitrogens with one attached hydrogen (secondary N) is 1. The highest BCUT2D eigenvalue weighted by Crippen LogP contribution is 2.21. The Bertz CT molecular complexity index is 328. The minimum atomic E-state index is 0.642. The second-order valence-electron chi connectivity index (χ2n) is 4.49. The van der Waals surface area contributed by atoms with Crippen molar-refractivity contribution in [1.29, 1.82) is 0 Å². The van der Waals surface area contributed by atoms with Crippen molar-refractivity contribution >= 4 is 11.9 Å². The van der Waals surface area contributed by atoms with Gasteiger partial charge >= 0.3 is 0 Å². The Labute approximate surface area is 102 Å². The van der Waals surface area contributed by atoms with E-state index >= 15 is 0 Å². The number of aryl methyl sites for hydroxylation is 2. The average Bonchev–Trinajstić information content (AvgIpc) is 2.27. The van der Waals surface area contributed by atoms with Crippen molar-refractivity contribution in [2.24, 2.45) is 0 Å². The molecule has 1 aromatic rings. The zero-order chi connectivity index (χ0) is 11.4. The molecule has 1 aliphatic carbocycles. The lowest BCUT2D eigenvalue weighted by Crippen LogP contribution is -2.25. The lowest BCUT2D eigenvalue weighted by molar-refractivity contribution is 0.423. The van der Waals surface area contributed by atoms with Gasteiger partial charge < -0.3 is 0 Å². The van der Waals surface area contributed by atoms with Crippen LogP contribution in [-0.2, 0) is 0 Å². The third-order valence-corrected chi connectivity index (χ3v) is 3.70. The molecular formula is C12H19N3S. The molecule has 1 saturated carbocycles. The van der Waals surface area contributed by atoms with Gasteiger partial charge in [0.25, 0.3) is 0 Å². The van der Waals surface area contributed by atoms with E-state index in [1.165, 1.54) is 32.1 Å². The summed E-state index contributed by atoms with van der Waals surface area (Å²) in [5, 5.41) is 0.850. The molecule has 4 heteroatoms. The molecular weight excluding hydrogens is 218 g/mol. The number of rotatable bonds is 3. The maximum Gasteiger partial charge on any atom is 0.203 e. The molecule has 0 saturated heterocycles. The molecule has 2 rings (SSSR count). The molecule has 1 aromatic heterocycles. The molecule has 1 aliphatic rings. The van der Waals surface area contributed by atoms with Crippen molar-refractivity contribution in [3.05, 3.63) is 17.5 Å². The minimum Gasteiger partial charge on any atom is -0.254 e. The number of nitrogens with zero attached hydrogens (tertiary/aromatic N) is 2. The van der Waals surface area contributed by atoms with Crippen LogP contribution in [0.4, 0.5) is 0 Å². The van der Waals surface area contributed by atoms with Gasteiger partial charge in [0.05, 0.1) is 0 Å². The topological polar surface area (TPSA) is 37.8 Å². The van der Waals surface area contributed by atoms with Crippen LogP contribution in [0.3, 0.4) is 0 Å².